The van der Waals surface area contributed by atoms with Crippen LogP contribution in [0.5, 0.6) is 5.75 Å². The summed E-state index contributed by atoms with van der Waals surface area (Å²) in [5.74, 6) is 0.749. The predicted molar refractivity (Wildman–Crippen MR) is 102 cm³/mol. The highest BCUT2D eigenvalue weighted by atomic mass is 32.2. The number of benzene rings is 2. The number of hydrogen-bond acceptors (Lipinski definition) is 3. The lowest BCUT2D eigenvalue weighted by Crippen LogP contribution is -2.32. The molecule has 0 unspecified atom stereocenters. The van der Waals surface area contributed by atoms with Gasteiger partial charge in [0.15, 0.2) is 0 Å². The largest absolute Gasteiger partial charge is 0.490 e. The Balaban J connectivity index is 1.40. The summed E-state index contributed by atoms with van der Waals surface area (Å²) < 4.78 is 34.0. The molecule has 0 saturated heterocycles. The van der Waals surface area contributed by atoms with E-state index in [9.17, 15) is 8.42 Å². The van der Waals surface area contributed by atoms with Gasteiger partial charge in [0.05, 0.1) is 11.0 Å². The Bertz CT molecular complexity index is 837. The summed E-state index contributed by atoms with van der Waals surface area (Å²) >= 11 is 0. The molecule has 2 fully saturated rings. The Morgan fingerprint density at radius 1 is 0.962 bits per heavy atom. The first-order valence-electron chi connectivity index (χ1n) is 9.39. The maximum absolute atomic E-state index is 12.6. The van der Waals surface area contributed by atoms with Crippen molar-refractivity contribution in [2.45, 2.75) is 54.9 Å². The van der Waals surface area contributed by atoms with Crippen molar-refractivity contribution in [3.8, 4) is 5.75 Å². The average molecular weight is 372 g/mol. The molecule has 0 heterocycles. The summed E-state index contributed by atoms with van der Waals surface area (Å²) in [6, 6.07) is 16.9. The van der Waals surface area contributed by atoms with Crippen LogP contribution < -0.4 is 9.46 Å². The van der Waals surface area contributed by atoms with E-state index < -0.39 is 10.0 Å². The molecule has 0 aromatic heterocycles. The van der Waals surface area contributed by atoms with Crippen LogP contribution in [0.15, 0.2) is 59.5 Å². The minimum atomic E-state index is -3.51. The topological polar surface area (TPSA) is 55.4 Å². The van der Waals surface area contributed by atoms with Gasteiger partial charge in [-0.2, -0.15) is 0 Å². The molecule has 0 bridgehead atoms. The van der Waals surface area contributed by atoms with Gasteiger partial charge in [0.1, 0.15) is 5.75 Å². The van der Waals surface area contributed by atoms with E-state index in [2.05, 4.69) is 16.9 Å². The van der Waals surface area contributed by atoms with E-state index in [0.717, 1.165) is 31.4 Å². The third-order valence-corrected chi connectivity index (χ3v) is 7.00. The van der Waals surface area contributed by atoms with Crippen LogP contribution in [0.4, 0.5) is 0 Å². The van der Waals surface area contributed by atoms with E-state index in [1.54, 1.807) is 24.3 Å². The predicted octanol–water partition coefficient (Wildman–Crippen LogP) is 4.02. The van der Waals surface area contributed by atoms with Crippen LogP contribution in [-0.4, -0.2) is 21.1 Å². The van der Waals surface area contributed by atoms with Crippen molar-refractivity contribution < 1.29 is 13.2 Å². The Labute approximate surface area is 155 Å². The quantitative estimate of drug-likeness (QED) is 0.800. The van der Waals surface area contributed by atoms with Crippen molar-refractivity contribution in [3.63, 3.8) is 0 Å². The first-order valence-corrected chi connectivity index (χ1v) is 10.9. The van der Waals surface area contributed by atoms with Crippen LogP contribution in [-0.2, 0) is 15.4 Å². The van der Waals surface area contributed by atoms with Gasteiger partial charge in [0, 0.05) is 12.0 Å². The smallest absolute Gasteiger partial charge is 0.240 e. The molecule has 5 heteroatoms. The maximum Gasteiger partial charge on any atom is 0.240 e. The van der Waals surface area contributed by atoms with Gasteiger partial charge in [-0.25, -0.2) is 13.1 Å². The summed E-state index contributed by atoms with van der Waals surface area (Å²) in [6.07, 6.45) is 6.92. The van der Waals surface area contributed by atoms with Crippen LogP contribution in [0.3, 0.4) is 0 Å². The zero-order valence-corrected chi connectivity index (χ0v) is 15.7. The second-order valence-corrected chi connectivity index (χ2v) is 9.23. The van der Waals surface area contributed by atoms with E-state index in [-0.39, 0.29) is 11.5 Å². The van der Waals surface area contributed by atoms with Gasteiger partial charge in [-0.1, -0.05) is 30.3 Å². The third-order valence-electron chi connectivity index (χ3n) is 5.58. The molecular weight excluding hydrogens is 346 g/mol. The molecule has 0 atom stereocenters. The maximum atomic E-state index is 12.6. The fourth-order valence-electron chi connectivity index (χ4n) is 3.72. The van der Waals surface area contributed by atoms with Crippen molar-refractivity contribution in [1.82, 2.24) is 4.72 Å². The molecular formula is C21H25NO3S. The number of rotatable bonds is 7. The molecule has 138 valence electrons. The minimum absolute atomic E-state index is 0.0418. The normalized spacial score (nSPS) is 19.4. The van der Waals surface area contributed by atoms with Gasteiger partial charge >= 0.3 is 0 Å². The number of hydrogen-bond donors (Lipinski definition) is 1. The van der Waals surface area contributed by atoms with Gasteiger partial charge in [-0.15, -0.1) is 0 Å². The fraction of sp³-hybridized carbons (Fsp3) is 0.429. The van der Waals surface area contributed by atoms with E-state index in [0.29, 0.717) is 11.4 Å². The molecule has 2 aromatic rings. The molecule has 0 amide bonds. The van der Waals surface area contributed by atoms with E-state index in [4.69, 9.17) is 4.74 Å². The highest BCUT2D eigenvalue weighted by molar-refractivity contribution is 7.89. The van der Waals surface area contributed by atoms with E-state index >= 15 is 0 Å². The van der Waals surface area contributed by atoms with Crippen LogP contribution in [0.1, 0.15) is 44.1 Å². The van der Waals surface area contributed by atoms with E-state index in [1.807, 2.05) is 18.2 Å². The molecule has 4 nitrogen and oxygen atoms in total. The Morgan fingerprint density at radius 2 is 1.62 bits per heavy atom. The molecule has 1 N–H and O–H groups in total. The molecule has 0 aliphatic heterocycles. The molecule has 2 aliphatic carbocycles. The summed E-state index contributed by atoms with van der Waals surface area (Å²) in [5.41, 5.74) is 1.17. The Morgan fingerprint density at radius 3 is 2.23 bits per heavy atom. The third kappa shape index (κ3) is 3.79. The first kappa shape index (κ1) is 17.6. The van der Waals surface area contributed by atoms with Gasteiger partial charge in [0.2, 0.25) is 10.0 Å². The lowest BCUT2D eigenvalue weighted by Gasteiger charge is -2.17. The molecule has 2 aliphatic rings. The summed E-state index contributed by atoms with van der Waals surface area (Å²) in [6.45, 7) is 0.444. The number of nitrogens with one attached hydrogen (secondary N) is 1. The zero-order chi connectivity index (χ0) is 18.0. The highest BCUT2D eigenvalue weighted by Crippen LogP contribution is 2.47. The lowest BCUT2D eigenvalue weighted by atomic mass is 9.96. The zero-order valence-electron chi connectivity index (χ0n) is 14.9. The van der Waals surface area contributed by atoms with Gasteiger partial charge in [-0.3, -0.25) is 0 Å². The van der Waals surface area contributed by atoms with Crippen LogP contribution in [0.2, 0.25) is 0 Å². The Hall–Kier alpha value is -1.85. The molecule has 0 spiro atoms. The first-order chi connectivity index (χ1) is 12.6. The van der Waals surface area contributed by atoms with Crippen LogP contribution in [0, 0.1) is 0 Å². The number of ether oxygens (including phenoxy) is 1. The second-order valence-electron chi connectivity index (χ2n) is 7.47. The average Bonchev–Trinajstić information content (AvgIpc) is 3.30. The summed E-state index contributed by atoms with van der Waals surface area (Å²) in [7, 11) is -3.51. The highest BCUT2D eigenvalue weighted by Gasteiger charge is 2.44. The van der Waals surface area contributed by atoms with Gasteiger partial charge in [0.25, 0.3) is 0 Å². The van der Waals surface area contributed by atoms with Crippen LogP contribution in [0.25, 0.3) is 0 Å². The summed E-state index contributed by atoms with van der Waals surface area (Å²) in [5, 5.41) is 0. The lowest BCUT2D eigenvalue weighted by molar-refractivity contribution is 0.210. The van der Waals surface area contributed by atoms with Crippen LogP contribution >= 0.6 is 0 Å². The number of sulfonamides is 1. The molecule has 2 aromatic carbocycles. The SMILES string of the molecule is O=S(=O)(NCC1(c2ccccc2)CC1)c1ccc(OC2CCCC2)cc1. The van der Waals surface area contributed by atoms with Crippen molar-refractivity contribution in [3.05, 3.63) is 60.2 Å². The molecule has 0 radical (unpaired) electrons. The van der Waals surface area contributed by atoms with Gasteiger partial charge < -0.3 is 4.74 Å². The standard InChI is InChI=1S/C21H25NO3S/c23-26(24,22-16-21(14-15-21)17-6-2-1-3-7-17)20-12-10-19(11-13-20)25-18-8-4-5-9-18/h1-3,6-7,10-13,18,22H,4-5,8-9,14-16H2. The van der Waals surface area contributed by atoms with Gasteiger partial charge in [-0.05, 0) is 68.4 Å². The van der Waals surface area contributed by atoms with Crippen molar-refractivity contribution >= 4 is 10.0 Å². The Kier molecular flexibility index (Phi) is 4.76. The molecule has 2 saturated carbocycles. The van der Waals surface area contributed by atoms with Crippen molar-refractivity contribution in [1.29, 1.82) is 0 Å². The second kappa shape index (κ2) is 7.05. The monoisotopic (exact) mass is 371 g/mol. The summed E-state index contributed by atoms with van der Waals surface area (Å²) in [4.78, 5) is 0.292. The van der Waals surface area contributed by atoms with E-state index in [1.165, 1.54) is 18.4 Å². The molecule has 26 heavy (non-hydrogen) atoms. The van der Waals surface area contributed by atoms with Crippen molar-refractivity contribution in [2.24, 2.45) is 0 Å². The minimum Gasteiger partial charge on any atom is -0.490 e. The molecule has 4 rings (SSSR count). The fourth-order valence-corrected chi connectivity index (χ4v) is 4.85. The van der Waals surface area contributed by atoms with Crippen molar-refractivity contribution in [2.75, 3.05) is 6.54 Å².